The minimum Gasteiger partial charge on any atom is -0.496 e. The maximum Gasteiger partial charge on any atom is 0.316 e. The highest BCUT2D eigenvalue weighted by Gasteiger charge is 2.25. The van der Waals surface area contributed by atoms with E-state index in [1.165, 1.54) is 14.0 Å². The fraction of sp³-hybridized carbons (Fsp3) is 0.385. The van der Waals surface area contributed by atoms with E-state index in [9.17, 15) is 9.59 Å². The van der Waals surface area contributed by atoms with Gasteiger partial charge in [0, 0.05) is 4.47 Å². The summed E-state index contributed by atoms with van der Waals surface area (Å²) in [7, 11) is 2.82. The van der Waals surface area contributed by atoms with Crippen molar-refractivity contribution in [1.29, 1.82) is 0 Å². The number of carbonyl (C=O) groups is 2. The molecule has 5 heteroatoms. The Hall–Kier alpha value is -1.36. The molecule has 4 nitrogen and oxygen atoms in total. The summed E-state index contributed by atoms with van der Waals surface area (Å²) in [6.45, 7) is 1.38. The molecule has 18 heavy (non-hydrogen) atoms. The van der Waals surface area contributed by atoms with Gasteiger partial charge in [0.2, 0.25) is 0 Å². The summed E-state index contributed by atoms with van der Waals surface area (Å²) in [6.07, 6.45) is 0.276. The van der Waals surface area contributed by atoms with Gasteiger partial charge in [-0.1, -0.05) is 22.0 Å². The van der Waals surface area contributed by atoms with Gasteiger partial charge in [-0.25, -0.2) is 0 Å². The lowest BCUT2D eigenvalue weighted by molar-refractivity contribution is -0.148. The Morgan fingerprint density at radius 1 is 1.33 bits per heavy atom. The van der Waals surface area contributed by atoms with Gasteiger partial charge in [0.1, 0.15) is 17.5 Å². The van der Waals surface area contributed by atoms with Crippen LogP contribution in [0.3, 0.4) is 0 Å². The Bertz CT molecular complexity index is 456. The van der Waals surface area contributed by atoms with E-state index in [0.29, 0.717) is 5.75 Å². The summed E-state index contributed by atoms with van der Waals surface area (Å²) in [4.78, 5) is 23.0. The van der Waals surface area contributed by atoms with Crippen molar-refractivity contribution >= 4 is 27.7 Å². The van der Waals surface area contributed by atoms with Gasteiger partial charge in [-0.3, -0.25) is 9.59 Å². The average molecular weight is 315 g/mol. The summed E-state index contributed by atoms with van der Waals surface area (Å²) in [5.41, 5.74) is 0.798. The van der Waals surface area contributed by atoms with Crippen LogP contribution >= 0.6 is 15.9 Å². The molecule has 0 saturated heterocycles. The molecule has 0 radical (unpaired) electrons. The van der Waals surface area contributed by atoms with E-state index in [1.54, 1.807) is 13.2 Å². The number of hydrogen-bond donors (Lipinski definition) is 0. The quantitative estimate of drug-likeness (QED) is 0.618. The Kier molecular flexibility index (Phi) is 5.34. The molecule has 1 unspecified atom stereocenters. The van der Waals surface area contributed by atoms with Crippen LogP contribution in [0.25, 0.3) is 0 Å². The fourth-order valence-corrected chi connectivity index (χ4v) is 1.98. The first kappa shape index (κ1) is 14.7. The van der Waals surface area contributed by atoms with Gasteiger partial charge in [-0.15, -0.1) is 0 Å². The van der Waals surface area contributed by atoms with Crippen LogP contribution < -0.4 is 4.74 Å². The molecule has 0 heterocycles. The molecule has 0 amide bonds. The highest BCUT2D eigenvalue weighted by molar-refractivity contribution is 9.10. The number of halogens is 1. The predicted octanol–water partition coefficient (Wildman–Crippen LogP) is 2.38. The van der Waals surface area contributed by atoms with Gasteiger partial charge < -0.3 is 9.47 Å². The molecule has 0 fully saturated rings. The zero-order valence-electron chi connectivity index (χ0n) is 10.5. The minimum absolute atomic E-state index is 0.216. The van der Waals surface area contributed by atoms with E-state index in [1.807, 2.05) is 12.1 Å². The van der Waals surface area contributed by atoms with Crippen molar-refractivity contribution in [2.75, 3.05) is 14.2 Å². The first-order chi connectivity index (χ1) is 8.49. The summed E-state index contributed by atoms with van der Waals surface area (Å²) < 4.78 is 10.7. The third-order valence-corrected chi connectivity index (χ3v) is 3.14. The molecule has 0 spiro atoms. The zero-order chi connectivity index (χ0) is 13.7. The van der Waals surface area contributed by atoms with Crippen molar-refractivity contribution in [3.05, 3.63) is 28.2 Å². The minimum atomic E-state index is -0.787. The average Bonchev–Trinajstić information content (AvgIpc) is 2.35. The van der Waals surface area contributed by atoms with Crippen molar-refractivity contribution in [1.82, 2.24) is 0 Å². The molecule has 98 valence electrons. The van der Waals surface area contributed by atoms with Crippen molar-refractivity contribution in [2.45, 2.75) is 13.3 Å². The second-order valence-electron chi connectivity index (χ2n) is 3.85. The third-order valence-electron chi connectivity index (χ3n) is 2.65. The summed E-state index contributed by atoms with van der Waals surface area (Å²) in [5.74, 6) is -0.885. The number of carbonyl (C=O) groups excluding carboxylic acids is 2. The van der Waals surface area contributed by atoms with Crippen LogP contribution in [0.2, 0.25) is 0 Å². The largest absolute Gasteiger partial charge is 0.496 e. The van der Waals surface area contributed by atoms with E-state index in [4.69, 9.17) is 4.74 Å². The number of methoxy groups -OCH3 is 2. The highest BCUT2D eigenvalue weighted by Crippen LogP contribution is 2.26. The Balaban J connectivity index is 3.00. The number of ketones is 1. The van der Waals surface area contributed by atoms with Crippen LogP contribution in [0.15, 0.2) is 22.7 Å². The standard InChI is InChI=1S/C13H15BrO4/c1-8(15)11(13(16)18-3)6-9-4-5-10(14)7-12(9)17-2/h4-5,7,11H,6H2,1-3H3. The molecular formula is C13H15BrO4. The normalized spacial score (nSPS) is 11.8. The zero-order valence-corrected chi connectivity index (χ0v) is 12.1. The van der Waals surface area contributed by atoms with Crippen LogP contribution in [0.5, 0.6) is 5.75 Å². The van der Waals surface area contributed by atoms with Crippen LogP contribution in [-0.2, 0) is 20.7 Å². The lowest BCUT2D eigenvalue weighted by Crippen LogP contribution is -2.25. The predicted molar refractivity (Wildman–Crippen MR) is 70.6 cm³/mol. The number of hydrogen-bond acceptors (Lipinski definition) is 4. The maximum atomic E-state index is 11.5. The highest BCUT2D eigenvalue weighted by atomic mass is 79.9. The molecule has 1 rings (SSSR count). The van der Waals surface area contributed by atoms with Gasteiger partial charge in [-0.2, -0.15) is 0 Å². The lowest BCUT2D eigenvalue weighted by Gasteiger charge is -2.14. The molecule has 0 aromatic heterocycles. The molecule has 0 aliphatic rings. The van der Waals surface area contributed by atoms with E-state index < -0.39 is 11.9 Å². The monoisotopic (exact) mass is 314 g/mol. The van der Waals surface area contributed by atoms with Gasteiger partial charge in [0.15, 0.2) is 0 Å². The Morgan fingerprint density at radius 2 is 2.00 bits per heavy atom. The number of Topliss-reactive ketones (excluding diaryl/α,β-unsaturated/α-hetero) is 1. The molecule has 0 N–H and O–H groups in total. The molecule has 1 aromatic rings. The van der Waals surface area contributed by atoms with E-state index in [-0.39, 0.29) is 12.2 Å². The molecule has 0 aliphatic carbocycles. The Labute approximate surface area is 114 Å². The number of benzene rings is 1. The topological polar surface area (TPSA) is 52.6 Å². The third kappa shape index (κ3) is 3.57. The number of esters is 1. The van der Waals surface area contributed by atoms with Gasteiger partial charge in [0.05, 0.1) is 14.2 Å². The fourth-order valence-electron chi connectivity index (χ4n) is 1.64. The summed E-state index contributed by atoms with van der Waals surface area (Å²) >= 11 is 3.34. The van der Waals surface area contributed by atoms with Crippen molar-refractivity contribution in [3.8, 4) is 5.75 Å². The summed E-state index contributed by atoms with van der Waals surface area (Å²) in [5, 5.41) is 0. The first-order valence-corrected chi connectivity index (χ1v) is 6.19. The number of ether oxygens (including phenoxy) is 2. The second kappa shape index (κ2) is 6.54. The van der Waals surface area contributed by atoms with E-state index in [0.717, 1.165) is 10.0 Å². The SMILES string of the molecule is COC(=O)C(Cc1ccc(Br)cc1OC)C(C)=O. The van der Waals surface area contributed by atoms with Crippen molar-refractivity contribution in [3.63, 3.8) is 0 Å². The molecule has 1 aromatic carbocycles. The van der Waals surface area contributed by atoms with Crippen LogP contribution in [-0.4, -0.2) is 26.0 Å². The van der Waals surface area contributed by atoms with Gasteiger partial charge in [-0.05, 0) is 31.0 Å². The summed E-state index contributed by atoms with van der Waals surface area (Å²) in [6, 6.07) is 5.46. The Morgan fingerprint density at radius 3 is 2.50 bits per heavy atom. The maximum absolute atomic E-state index is 11.5. The van der Waals surface area contributed by atoms with Crippen LogP contribution in [0.1, 0.15) is 12.5 Å². The molecular weight excluding hydrogens is 300 g/mol. The molecule has 0 aliphatic heterocycles. The van der Waals surface area contributed by atoms with Gasteiger partial charge in [0.25, 0.3) is 0 Å². The molecule has 0 bridgehead atoms. The van der Waals surface area contributed by atoms with Crippen LogP contribution in [0.4, 0.5) is 0 Å². The van der Waals surface area contributed by atoms with E-state index >= 15 is 0 Å². The first-order valence-electron chi connectivity index (χ1n) is 5.40. The van der Waals surface area contributed by atoms with Gasteiger partial charge >= 0.3 is 5.97 Å². The van der Waals surface area contributed by atoms with Crippen LogP contribution in [0, 0.1) is 5.92 Å². The molecule has 1 atom stereocenters. The van der Waals surface area contributed by atoms with E-state index in [2.05, 4.69) is 20.7 Å². The van der Waals surface area contributed by atoms with Crippen molar-refractivity contribution in [2.24, 2.45) is 5.92 Å². The number of rotatable bonds is 5. The lowest BCUT2D eigenvalue weighted by atomic mass is 9.95. The van der Waals surface area contributed by atoms with Crippen molar-refractivity contribution < 1.29 is 19.1 Å². The smallest absolute Gasteiger partial charge is 0.316 e. The second-order valence-corrected chi connectivity index (χ2v) is 4.76. The molecule has 0 saturated carbocycles.